The van der Waals surface area contributed by atoms with Gasteiger partial charge in [-0.1, -0.05) is 51.5 Å². The van der Waals surface area contributed by atoms with Crippen LogP contribution in [0.15, 0.2) is 12.2 Å². The molecule has 0 aromatic carbocycles. The summed E-state index contributed by atoms with van der Waals surface area (Å²) < 4.78 is 0. The van der Waals surface area contributed by atoms with Gasteiger partial charge in [0.1, 0.15) is 0 Å². The lowest BCUT2D eigenvalue weighted by Crippen LogP contribution is -2.18. The summed E-state index contributed by atoms with van der Waals surface area (Å²) in [6.45, 7) is 2.44. The van der Waals surface area contributed by atoms with Gasteiger partial charge in [0.05, 0.1) is 6.10 Å². The summed E-state index contributed by atoms with van der Waals surface area (Å²) in [5.41, 5.74) is 0. The first-order chi connectivity index (χ1) is 11.2. The lowest BCUT2D eigenvalue weighted by Gasteiger charge is -2.19. The zero-order valence-corrected chi connectivity index (χ0v) is 14.9. The molecule has 134 valence electrons. The summed E-state index contributed by atoms with van der Waals surface area (Å²) in [6, 6.07) is 0. The second-order valence-electron chi connectivity index (χ2n) is 7.03. The van der Waals surface area contributed by atoms with E-state index in [0.717, 1.165) is 57.8 Å². The molecule has 1 rings (SSSR count). The Kier molecular flexibility index (Phi) is 11.3. The molecule has 0 aliphatic heterocycles. The van der Waals surface area contributed by atoms with E-state index in [0.29, 0.717) is 24.9 Å². The average molecular weight is 325 g/mol. The number of aliphatic hydroxyl groups excluding tert-OH is 2. The largest absolute Gasteiger partial charge is 0.396 e. The number of unbranched alkanes of at least 4 members (excludes halogenated alkanes) is 6. The van der Waals surface area contributed by atoms with Crippen molar-refractivity contribution in [3.8, 4) is 0 Å². The minimum absolute atomic E-state index is 0.197. The van der Waals surface area contributed by atoms with Crippen molar-refractivity contribution >= 4 is 5.78 Å². The van der Waals surface area contributed by atoms with Crippen molar-refractivity contribution in [1.82, 2.24) is 0 Å². The summed E-state index contributed by atoms with van der Waals surface area (Å²) in [4.78, 5) is 11.9. The Bertz CT molecular complexity index is 338. The molecule has 1 aliphatic rings. The van der Waals surface area contributed by atoms with Crippen molar-refractivity contribution in [2.75, 3.05) is 6.61 Å². The molecule has 0 unspecified atom stereocenters. The van der Waals surface area contributed by atoms with Crippen molar-refractivity contribution < 1.29 is 15.0 Å². The highest BCUT2D eigenvalue weighted by Crippen LogP contribution is 2.36. The molecule has 3 atom stereocenters. The molecular formula is C20H36O3. The number of rotatable bonds is 13. The maximum Gasteiger partial charge on any atom is 0.155 e. The normalized spacial score (nSPS) is 24.6. The van der Waals surface area contributed by atoms with Crippen molar-refractivity contribution in [3.05, 3.63) is 12.2 Å². The van der Waals surface area contributed by atoms with Gasteiger partial charge < -0.3 is 10.2 Å². The summed E-state index contributed by atoms with van der Waals surface area (Å²) >= 11 is 0. The first-order valence-electron chi connectivity index (χ1n) is 9.69. The van der Waals surface area contributed by atoms with E-state index < -0.39 is 0 Å². The fourth-order valence-corrected chi connectivity index (χ4v) is 3.61. The molecule has 2 N–H and O–H groups in total. The topological polar surface area (TPSA) is 57.5 Å². The standard InChI is InChI=1S/C20H36O3/c1-2-3-7-10-18(22)14-12-17-13-15-20(23)19(17)11-8-5-4-6-9-16-21/h12,14,17,19-21,23H,2-11,13,15-16H2,1H3/b14-12+/t17-,19+,20+/m0/s1. The van der Waals surface area contributed by atoms with Gasteiger partial charge in [-0.05, 0) is 50.0 Å². The molecule has 23 heavy (non-hydrogen) atoms. The molecule has 0 heterocycles. The molecule has 0 aromatic rings. The highest BCUT2D eigenvalue weighted by molar-refractivity contribution is 5.89. The predicted molar refractivity (Wildman–Crippen MR) is 95.3 cm³/mol. The number of carbonyl (C=O) groups is 1. The molecule has 1 fully saturated rings. The van der Waals surface area contributed by atoms with Gasteiger partial charge in [-0.15, -0.1) is 0 Å². The molecule has 1 aliphatic carbocycles. The molecule has 3 nitrogen and oxygen atoms in total. The maximum absolute atomic E-state index is 11.9. The van der Waals surface area contributed by atoms with Crippen molar-refractivity contribution in [1.29, 1.82) is 0 Å². The van der Waals surface area contributed by atoms with E-state index in [9.17, 15) is 9.90 Å². The highest BCUT2D eigenvalue weighted by atomic mass is 16.3. The highest BCUT2D eigenvalue weighted by Gasteiger charge is 2.32. The fraction of sp³-hybridized carbons (Fsp3) is 0.850. The lowest BCUT2D eigenvalue weighted by atomic mass is 9.88. The van der Waals surface area contributed by atoms with Crippen molar-refractivity contribution in [2.24, 2.45) is 11.8 Å². The summed E-state index contributed by atoms with van der Waals surface area (Å²) in [7, 11) is 0. The van der Waals surface area contributed by atoms with E-state index in [1.807, 2.05) is 0 Å². The van der Waals surface area contributed by atoms with Crippen LogP contribution >= 0.6 is 0 Å². The van der Waals surface area contributed by atoms with Gasteiger partial charge in [0, 0.05) is 13.0 Å². The Labute approximate surface area is 142 Å². The molecule has 0 spiro atoms. The van der Waals surface area contributed by atoms with Gasteiger partial charge >= 0.3 is 0 Å². The van der Waals surface area contributed by atoms with Crippen molar-refractivity contribution in [3.63, 3.8) is 0 Å². The zero-order chi connectivity index (χ0) is 16.9. The van der Waals surface area contributed by atoms with Crippen LogP contribution in [-0.2, 0) is 4.79 Å². The van der Waals surface area contributed by atoms with Crippen LogP contribution in [0.2, 0.25) is 0 Å². The van der Waals surface area contributed by atoms with E-state index in [2.05, 4.69) is 13.0 Å². The van der Waals surface area contributed by atoms with Crippen LogP contribution in [-0.4, -0.2) is 28.7 Å². The van der Waals surface area contributed by atoms with Crippen molar-refractivity contribution in [2.45, 2.75) is 90.1 Å². The van der Waals surface area contributed by atoms with Crippen LogP contribution in [0.5, 0.6) is 0 Å². The van der Waals surface area contributed by atoms with Gasteiger partial charge in [-0.2, -0.15) is 0 Å². The lowest BCUT2D eigenvalue weighted by molar-refractivity contribution is -0.114. The Hall–Kier alpha value is -0.670. The second-order valence-corrected chi connectivity index (χ2v) is 7.03. The van der Waals surface area contributed by atoms with Gasteiger partial charge in [0.25, 0.3) is 0 Å². The third-order valence-corrected chi connectivity index (χ3v) is 5.09. The average Bonchev–Trinajstić information content (AvgIpc) is 2.89. The summed E-state index contributed by atoms with van der Waals surface area (Å²) in [6.07, 6.45) is 16.0. The van der Waals surface area contributed by atoms with E-state index in [-0.39, 0.29) is 11.9 Å². The van der Waals surface area contributed by atoms with E-state index in [1.165, 1.54) is 12.8 Å². The first-order valence-corrected chi connectivity index (χ1v) is 9.69. The number of hydrogen-bond donors (Lipinski definition) is 2. The van der Waals surface area contributed by atoms with Gasteiger partial charge in [-0.3, -0.25) is 4.79 Å². The van der Waals surface area contributed by atoms with Gasteiger partial charge in [-0.25, -0.2) is 0 Å². The van der Waals surface area contributed by atoms with Crippen LogP contribution in [0.4, 0.5) is 0 Å². The molecular weight excluding hydrogens is 288 g/mol. The molecule has 0 amide bonds. The van der Waals surface area contributed by atoms with Gasteiger partial charge in [0.2, 0.25) is 0 Å². The summed E-state index contributed by atoms with van der Waals surface area (Å²) in [5, 5.41) is 19.0. The molecule has 0 bridgehead atoms. The Balaban J connectivity index is 2.28. The van der Waals surface area contributed by atoms with Crippen LogP contribution in [0.3, 0.4) is 0 Å². The smallest absolute Gasteiger partial charge is 0.155 e. The first kappa shape index (κ1) is 20.4. The predicted octanol–water partition coefficient (Wildman–Crippen LogP) is 4.41. The summed E-state index contributed by atoms with van der Waals surface area (Å²) in [5.74, 6) is 0.938. The van der Waals surface area contributed by atoms with Crippen LogP contribution in [0.25, 0.3) is 0 Å². The van der Waals surface area contributed by atoms with Crippen LogP contribution < -0.4 is 0 Å². The molecule has 1 saturated carbocycles. The molecule has 0 radical (unpaired) electrons. The number of aliphatic hydroxyl groups is 2. The Morgan fingerprint density at radius 3 is 2.52 bits per heavy atom. The maximum atomic E-state index is 11.9. The minimum Gasteiger partial charge on any atom is -0.396 e. The van der Waals surface area contributed by atoms with Gasteiger partial charge in [0.15, 0.2) is 5.78 Å². The number of ketones is 1. The minimum atomic E-state index is -0.197. The number of allylic oxidation sites excluding steroid dienone is 2. The Morgan fingerprint density at radius 2 is 1.78 bits per heavy atom. The van der Waals surface area contributed by atoms with Crippen LogP contribution in [0.1, 0.15) is 84.0 Å². The molecule has 3 heteroatoms. The van der Waals surface area contributed by atoms with Crippen LogP contribution in [0, 0.1) is 11.8 Å². The number of carbonyl (C=O) groups excluding carboxylic acids is 1. The SMILES string of the molecule is CCCCCC(=O)/C=C/[C@H]1CC[C@@H](O)[C@@H]1CCCCCCCO. The monoisotopic (exact) mass is 324 g/mol. The number of hydrogen-bond acceptors (Lipinski definition) is 3. The second kappa shape index (κ2) is 12.7. The quantitative estimate of drug-likeness (QED) is 0.390. The van der Waals surface area contributed by atoms with E-state index in [4.69, 9.17) is 5.11 Å². The zero-order valence-electron chi connectivity index (χ0n) is 14.9. The molecule has 0 saturated heterocycles. The molecule has 0 aromatic heterocycles. The Morgan fingerprint density at radius 1 is 1.04 bits per heavy atom. The third kappa shape index (κ3) is 8.66. The third-order valence-electron chi connectivity index (χ3n) is 5.09. The van der Waals surface area contributed by atoms with E-state index >= 15 is 0 Å². The fourth-order valence-electron chi connectivity index (χ4n) is 3.61. The van der Waals surface area contributed by atoms with E-state index in [1.54, 1.807) is 6.08 Å².